The highest BCUT2D eigenvalue weighted by Gasteiger charge is 2.35. The molecule has 0 bridgehead atoms. The first-order chi connectivity index (χ1) is 11.6. The standard InChI is InChI=1S/C17H18N4O3/c1-12-14(13-5-3-2-4-6-13)8-10-20(12)17(22)19-15-7-9-18-11-16(15)21(23)24/h2-7,9,11-12,14H,8,10H2,1H3,(H,18,19,22)/t12-,14+/m1/s1. The van der Waals surface area contributed by atoms with Crippen molar-refractivity contribution < 1.29 is 9.72 Å². The lowest BCUT2D eigenvalue weighted by Crippen LogP contribution is -2.38. The molecule has 1 aromatic carbocycles. The number of rotatable bonds is 3. The molecule has 1 N–H and O–H groups in total. The normalized spacial score (nSPS) is 20.0. The number of carbonyl (C=O) groups excluding carboxylic acids is 1. The van der Waals surface area contributed by atoms with E-state index in [1.54, 1.807) is 4.90 Å². The predicted molar refractivity (Wildman–Crippen MR) is 89.9 cm³/mol. The van der Waals surface area contributed by atoms with Crippen molar-refractivity contribution in [1.82, 2.24) is 9.88 Å². The highest BCUT2D eigenvalue weighted by molar-refractivity contribution is 5.92. The van der Waals surface area contributed by atoms with Crippen molar-refractivity contribution in [2.75, 3.05) is 11.9 Å². The van der Waals surface area contributed by atoms with E-state index < -0.39 is 4.92 Å². The fourth-order valence-corrected chi connectivity index (χ4v) is 3.20. The Morgan fingerprint density at radius 2 is 2.08 bits per heavy atom. The number of likely N-dealkylation sites (tertiary alicyclic amines) is 1. The Morgan fingerprint density at radius 1 is 1.33 bits per heavy atom. The van der Waals surface area contributed by atoms with Crippen molar-refractivity contribution in [2.45, 2.75) is 25.3 Å². The fourth-order valence-electron chi connectivity index (χ4n) is 3.20. The van der Waals surface area contributed by atoms with Gasteiger partial charge >= 0.3 is 11.7 Å². The molecule has 0 aliphatic carbocycles. The molecule has 3 rings (SSSR count). The van der Waals surface area contributed by atoms with E-state index in [9.17, 15) is 14.9 Å². The number of amides is 2. The zero-order valence-corrected chi connectivity index (χ0v) is 13.3. The van der Waals surface area contributed by atoms with E-state index in [4.69, 9.17) is 0 Å². The summed E-state index contributed by atoms with van der Waals surface area (Å²) in [6, 6.07) is 11.2. The molecule has 124 valence electrons. The second kappa shape index (κ2) is 6.66. The minimum absolute atomic E-state index is 0.0216. The molecule has 0 saturated carbocycles. The number of benzene rings is 1. The number of nitrogens with zero attached hydrogens (tertiary/aromatic N) is 3. The maximum absolute atomic E-state index is 12.5. The molecule has 0 radical (unpaired) electrons. The topological polar surface area (TPSA) is 88.4 Å². The number of urea groups is 1. The highest BCUT2D eigenvalue weighted by atomic mass is 16.6. The van der Waals surface area contributed by atoms with Crippen LogP contribution in [0.4, 0.5) is 16.2 Å². The minimum Gasteiger partial charge on any atom is -0.321 e. The number of nitro groups is 1. The Bertz CT molecular complexity index is 751. The van der Waals surface area contributed by atoms with Gasteiger partial charge in [0.25, 0.3) is 0 Å². The van der Waals surface area contributed by atoms with Gasteiger partial charge in [0.05, 0.1) is 4.92 Å². The molecular weight excluding hydrogens is 308 g/mol. The Morgan fingerprint density at radius 3 is 2.79 bits per heavy atom. The summed E-state index contributed by atoms with van der Waals surface area (Å²) < 4.78 is 0. The average Bonchev–Trinajstić information content (AvgIpc) is 2.97. The summed E-state index contributed by atoms with van der Waals surface area (Å²) in [4.78, 5) is 28.5. The van der Waals surface area contributed by atoms with Gasteiger partial charge in [-0.05, 0) is 25.0 Å². The summed E-state index contributed by atoms with van der Waals surface area (Å²) in [7, 11) is 0. The predicted octanol–water partition coefficient (Wildman–Crippen LogP) is 3.40. The summed E-state index contributed by atoms with van der Waals surface area (Å²) in [6.45, 7) is 2.62. The van der Waals surface area contributed by atoms with Crippen LogP contribution in [0.3, 0.4) is 0 Å². The third kappa shape index (κ3) is 3.05. The van der Waals surface area contributed by atoms with Gasteiger partial charge in [0.1, 0.15) is 11.9 Å². The number of anilines is 1. The van der Waals surface area contributed by atoms with Gasteiger partial charge in [-0.1, -0.05) is 30.3 Å². The maximum atomic E-state index is 12.5. The zero-order chi connectivity index (χ0) is 17.1. The van der Waals surface area contributed by atoms with Crippen molar-refractivity contribution in [3.63, 3.8) is 0 Å². The lowest BCUT2D eigenvalue weighted by molar-refractivity contribution is -0.384. The van der Waals surface area contributed by atoms with Crippen molar-refractivity contribution in [3.8, 4) is 0 Å². The highest BCUT2D eigenvalue weighted by Crippen LogP contribution is 2.34. The molecule has 0 unspecified atom stereocenters. The molecule has 2 heterocycles. The van der Waals surface area contributed by atoms with Gasteiger partial charge in [-0.2, -0.15) is 0 Å². The van der Waals surface area contributed by atoms with Crippen LogP contribution in [-0.4, -0.2) is 33.4 Å². The summed E-state index contributed by atoms with van der Waals surface area (Å²) >= 11 is 0. The molecule has 7 nitrogen and oxygen atoms in total. The van der Waals surface area contributed by atoms with Crippen LogP contribution in [0.15, 0.2) is 48.8 Å². The van der Waals surface area contributed by atoms with Crippen LogP contribution in [0.2, 0.25) is 0 Å². The average molecular weight is 326 g/mol. The van der Waals surface area contributed by atoms with E-state index in [2.05, 4.69) is 22.4 Å². The third-order valence-electron chi connectivity index (χ3n) is 4.48. The smallest absolute Gasteiger partial charge is 0.321 e. The lowest BCUT2D eigenvalue weighted by atomic mass is 9.93. The second-order valence-electron chi connectivity index (χ2n) is 5.82. The second-order valence-corrected chi connectivity index (χ2v) is 5.82. The molecule has 24 heavy (non-hydrogen) atoms. The summed E-state index contributed by atoms with van der Waals surface area (Å²) in [6.07, 6.45) is 3.43. The van der Waals surface area contributed by atoms with Crippen molar-refractivity contribution in [2.24, 2.45) is 0 Å². The van der Waals surface area contributed by atoms with E-state index in [1.165, 1.54) is 17.8 Å². The first kappa shape index (κ1) is 15.9. The number of hydrogen-bond donors (Lipinski definition) is 1. The van der Waals surface area contributed by atoms with Crippen LogP contribution in [0.5, 0.6) is 0 Å². The van der Waals surface area contributed by atoms with Crippen molar-refractivity contribution >= 4 is 17.4 Å². The number of pyridine rings is 1. The van der Waals surface area contributed by atoms with Gasteiger partial charge in [0.15, 0.2) is 0 Å². The van der Waals surface area contributed by atoms with Gasteiger partial charge in [-0.3, -0.25) is 15.1 Å². The summed E-state index contributed by atoms with van der Waals surface area (Å²) in [5, 5.41) is 13.7. The quantitative estimate of drug-likeness (QED) is 0.691. The number of hydrogen-bond acceptors (Lipinski definition) is 4. The molecule has 7 heteroatoms. The van der Waals surface area contributed by atoms with Crippen LogP contribution < -0.4 is 5.32 Å². The molecule has 1 fully saturated rings. The monoisotopic (exact) mass is 326 g/mol. The molecule has 1 aromatic heterocycles. The molecule has 1 aliphatic heterocycles. The molecule has 1 saturated heterocycles. The Kier molecular flexibility index (Phi) is 4.41. The van der Waals surface area contributed by atoms with Gasteiger partial charge < -0.3 is 10.2 Å². The molecule has 2 aromatic rings. The van der Waals surface area contributed by atoms with Crippen molar-refractivity contribution in [3.05, 3.63) is 64.5 Å². The molecule has 1 aliphatic rings. The van der Waals surface area contributed by atoms with Crippen molar-refractivity contribution in [1.29, 1.82) is 0 Å². The van der Waals surface area contributed by atoms with Gasteiger partial charge in [-0.15, -0.1) is 0 Å². The summed E-state index contributed by atoms with van der Waals surface area (Å²) in [5.41, 5.74) is 1.16. The molecule has 2 atom stereocenters. The Labute approximate surface area is 139 Å². The summed E-state index contributed by atoms with van der Waals surface area (Å²) in [5.74, 6) is 0.268. The van der Waals surface area contributed by atoms with Crippen LogP contribution in [-0.2, 0) is 0 Å². The van der Waals surface area contributed by atoms with Crippen LogP contribution in [0.25, 0.3) is 0 Å². The van der Waals surface area contributed by atoms with Crippen LogP contribution in [0.1, 0.15) is 24.8 Å². The van der Waals surface area contributed by atoms with E-state index in [1.807, 2.05) is 25.1 Å². The number of aromatic nitrogens is 1. The molecule has 0 spiro atoms. The van der Waals surface area contributed by atoms with Crippen LogP contribution >= 0.6 is 0 Å². The first-order valence-corrected chi connectivity index (χ1v) is 7.79. The SMILES string of the molecule is C[C@@H]1[C@@H](c2ccccc2)CCN1C(=O)Nc1ccncc1[N+](=O)[O-]. The molecular formula is C17H18N4O3. The van der Waals surface area contributed by atoms with Crippen LogP contribution in [0, 0.1) is 10.1 Å². The van der Waals surface area contributed by atoms with E-state index in [0.29, 0.717) is 6.54 Å². The fraction of sp³-hybridized carbons (Fsp3) is 0.294. The first-order valence-electron chi connectivity index (χ1n) is 7.79. The van der Waals surface area contributed by atoms with E-state index in [-0.39, 0.29) is 29.4 Å². The number of nitrogens with one attached hydrogen (secondary N) is 1. The van der Waals surface area contributed by atoms with Gasteiger partial charge in [0.2, 0.25) is 0 Å². The zero-order valence-electron chi connectivity index (χ0n) is 13.3. The minimum atomic E-state index is -0.553. The lowest BCUT2D eigenvalue weighted by Gasteiger charge is -2.25. The largest absolute Gasteiger partial charge is 0.322 e. The Balaban J connectivity index is 1.74. The van der Waals surface area contributed by atoms with E-state index >= 15 is 0 Å². The van der Waals surface area contributed by atoms with Gasteiger partial charge in [0, 0.05) is 24.7 Å². The van der Waals surface area contributed by atoms with Gasteiger partial charge in [-0.25, -0.2) is 4.79 Å². The van der Waals surface area contributed by atoms with E-state index in [0.717, 1.165) is 12.6 Å². The Hall–Kier alpha value is -2.96. The maximum Gasteiger partial charge on any atom is 0.322 e. The third-order valence-corrected chi connectivity index (χ3v) is 4.48. The number of carbonyl (C=O) groups is 1. The molecule has 2 amide bonds.